The normalized spacial score (nSPS) is 20.0. The fourth-order valence-electron chi connectivity index (χ4n) is 4.20. The summed E-state index contributed by atoms with van der Waals surface area (Å²) in [5, 5.41) is 0.592. The third-order valence-corrected chi connectivity index (χ3v) is 6.19. The van der Waals surface area contributed by atoms with Gasteiger partial charge in [0.15, 0.2) is 11.6 Å². The van der Waals surface area contributed by atoms with Gasteiger partial charge in [0.05, 0.1) is 19.8 Å². The summed E-state index contributed by atoms with van der Waals surface area (Å²) in [6.07, 6.45) is 3.11. The van der Waals surface area contributed by atoms with Crippen molar-refractivity contribution in [1.82, 2.24) is 9.97 Å². The van der Waals surface area contributed by atoms with E-state index in [1.165, 1.54) is 0 Å². The van der Waals surface area contributed by atoms with Crippen molar-refractivity contribution in [3.63, 3.8) is 0 Å². The maximum Gasteiger partial charge on any atom is 0.153 e. The van der Waals surface area contributed by atoms with Crippen molar-refractivity contribution in [2.24, 2.45) is 0 Å². The Labute approximate surface area is 188 Å². The van der Waals surface area contributed by atoms with E-state index in [9.17, 15) is 4.79 Å². The summed E-state index contributed by atoms with van der Waals surface area (Å²) >= 11 is 6.70. The van der Waals surface area contributed by atoms with Gasteiger partial charge in [-0.3, -0.25) is 0 Å². The Bertz CT molecular complexity index is 902. The van der Waals surface area contributed by atoms with E-state index in [4.69, 9.17) is 21.1 Å². The van der Waals surface area contributed by atoms with Gasteiger partial charge in [-0.05, 0) is 30.5 Å². The molecule has 1 aromatic carbocycles. The Morgan fingerprint density at radius 1 is 1.16 bits per heavy atom. The number of nitrogens with zero attached hydrogens (tertiary/aromatic N) is 4. The van der Waals surface area contributed by atoms with Gasteiger partial charge in [0.2, 0.25) is 0 Å². The fourth-order valence-corrected chi connectivity index (χ4v) is 4.54. The van der Waals surface area contributed by atoms with Crippen LogP contribution in [0.1, 0.15) is 38.2 Å². The van der Waals surface area contributed by atoms with E-state index >= 15 is 0 Å². The molecule has 4 rings (SSSR count). The lowest BCUT2D eigenvalue weighted by Crippen LogP contribution is -2.37. The molecule has 31 heavy (non-hydrogen) atoms. The number of ketones is 1. The van der Waals surface area contributed by atoms with Crippen LogP contribution in [-0.4, -0.2) is 61.2 Å². The van der Waals surface area contributed by atoms with Gasteiger partial charge < -0.3 is 24.1 Å². The third-order valence-electron chi connectivity index (χ3n) is 5.85. The molecule has 0 unspecified atom stereocenters. The van der Waals surface area contributed by atoms with Gasteiger partial charge in [-0.1, -0.05) is 30.7 Å². The molecule has 2 aliphatic heterocycles. The first-order valence-corrected chi connectivity index (χ1v) is 11.2. The molecule has 0 bridgehead atoms. The highest BCUT2D eigenvalue weighted by Gasteiger charge is 2.28. The molecule has 7 nitrogen and oxygen atoms in total. The van der Waals surface area contributed by atoms with Crippen molar-refractivity contribution in [3.05, 3.63) is 41.2 Å². The number of rotatable bonds is 7. The summed E-state index contributed by atoms with van der Waals surface area (Å²) in [6.45, 7) is 8.19. The second kappa shape index (κ2) is 9.83. The number of aromatic nitrogens is 2. The molecular formula is C23H29ClN4O3. The second-order valence-corrected chi connectivity index (χ2v) is 8.66. The fraction of sp³-hybridized carbons (Fsp3) is 0.522. The van der Waals surface area contributed by atoms with Gasteiger partial charge in [-0.2, -0.15) is 0 Å². The van der Waals surface area contributed by atoms with Crippen molar-refractivity contribution in [2.75, 3.05) is 49.2 Å². The van der Waals surface area contributed by atoms with E-state index in [2.05, 4.69) is 26.7 Å². The van der Waals surface area contributed by atoms with Gasteiger partial charge in [0, 0.05) is 32.5 Å². The van der Waals surface area contributed by atoms with Gasteiger partial charge in [0.25, 0.3) is 0 Å². The molecule has 0 N–H and O–H groups in total. The smallest absolute Gasteiger partial charge is 0.153 e. The quantitative estimate of drug-likeness (QED) is 0.644. The zero-order valence-corrected chi connectivity index (χ0v) is 18.8. The highest BCUT2D eigenvalue weighted by molar-refractivity contribution is 6.35. The minimum absolute atomic E-state index is 0.0679. The number of carbonyl (C=O) groups excluding carboxylic acids is 1. The predicted molar refractivity (Wildman–Crippen MR) is 121 cm³/mol. The van der Waals surface area contributed by atoms with Crippen LogP contribution in [0.15, 0.2) is 30.6 Å². The summed E-state index contributed by atoms with van der Waals surface area (Å²) in [7, 11) is 0. The van der Waals surface area contributed by atoms with Crippen LogP contribution < -0.4 is 14.5 Å². The molecule has 1 aromatic heterocycles. The van der Waals surface area contributed by atoms with Crippen LogP contribution in [0.5, 0.6) is 5.75 Å². The van der Waals surface area contributed by atoms with Crippen LogP contribution in [0.3, 0.4) is 0 Å². The molecule has 2 aromatic rings. The van der Waals surface area contributed by atoms with Crippen molar-refractivity contribution in [3.8, 4) is 5.75 Å². The van der Waals surface area contributed by atoms with Gasteiger partial charge >= 0.3 is 0 Å². The van der Waals surface area contributed by atoms with Gasteiger partial charge in [-0.25, -0.2) is 9.97 Å². The maximum atomic E-state index is 11.4. The van der Waals surface area contributed by atoms with Crippen LogP contribution in [0.4, 0.5) is 11.6 Å². The highest BCUT2D eigenvalue weighted by Crippen LogP contribution is 2.34. The van der Waals surface area contributed by atoms with Crippen LogP contribution in [0, 0.1) is 0 Å². The van der Waals surface area contributed by atoms with E-state index in [-0.39, 0.29) is 17.8 Å². The van der Waals surface area contributed by atoms with Crippen molar-refractivity contribution in [1.29, 1.82) is 0 Å². The Balaban J connectivity index is 1.38. The Hall–Kier alpha value is -2.38. The zero-order chi connectivity index (χ0) is 21.8. The molecule has 2 atom stereocenters. The monoisotopic (exact) mass is 444 g/mol. The molecule has 0 amide bonds. The molecule has 0 radical (unpaired) electrons. The first kappa shape index (κ1) is 21.8. The van der Waals surface area contributed by atoms with E-state index in [0.29, 0.717) is 24.7 Å². The molecular weight excluding hydrogens is 416 g/mol. The van der Waals surface area contributed by atoms with E-state index in [1.807, 2.05) is 24.3 Å². The number of morpholine rings is 1. The standard InChI is InChI=1S/C23H29ClN4O3/c1-16(13-17(2)29)18-3-5-19(6-4-18)31-20-7-8-28(14-20)23-21(24)22(25-15-26-23)27-9-11-30-12-10-27/h3-6,15-16,20H,7-14H2,1-2H3/t16-,20-/m1/s1. The van der Waals surface area contributed by atoms with Crippen molar-refractivity contribution < 1.29 is 14.3 Å². The minimum Gasteiger partial charge on any atom is -0.489 e. The Morgan fingerprint density at radius 2 is 1.84 bits per heavy atom. The number of carbonyl (C=O) groups is 1. The number of hydrogen-bond acceptors (Lipinski definition) is 7. The average molecular weight is 445 g/mol. The molecule has 3 heterocycles. The lowest BCUT2D eigenvalue weighted by atomic mass is 9.96. The first-order chi connectivity index (χ1) is 15.0. The summed E-state index contributed by atoms with van der Waals surface area (Å²) in [5.74, 6) is 2.80. The number of halogens is 1. The Morgan fingerprint density at radius 3 is 2.52 bits per heavy atom. The largest absolute Gasteiger partial charge is 0.489 e. The maximum absolute atomic E-state index is 11.4. The molecule has 0 spiro atoms. The lowest BCUT2D eigenvalue weighted by Gasteiger charge is -2.29. The minimum atomic E-state index is 0.0679. The number of hydrogen-bond donors (Lipinski definition) is 0. The first-order valence-electron chi connectivity index (χ1n) is 10.9. The third kappa shape index (κ3) is 5.28. The highest BCUT2D eigenvalue weighted by atomic mass is 35.5. The number of benzene rings is 1. The number of ether oxygens (including phenoxy) is 2. The average Bonchev–Trinajstić information content (AvgIpc) is 3.22. The summed E-state index contributed by atoms with van der Waals surface area (Å²) in [6, 6.07) is 8.07. The van der Waals surface area contributed by atoms with E-state index in [1.54, 1.807) is 13.3 Å². The molecule has 2 aliphatic rings. The van der Waals surface area contributed by atoms with E-state index in [0.717, 1.165) is 55.5 Å². The SMILES string of the molecule is CC(=O)C[C@@H](C)c1ccc(O[C@@H]2CCN(c3ncnc(N4CCOCC4)c3Cl)C2)cc1. The summed E-state index contributed by atoms with van der Waals surface area (Å²) in [5.41, 5.74) is 1.15. The molecule has 2 saturated heterocycles. The molecule has 0 aliphatic carbocycles. The van der Waals surface area contributed by atoms with Crippen molar-refractivity contribution in [2.45, 2.75) is 38.7 Å². The van der Waals surface area contributed by atoms with Gasteiger partial charge in [0.1, 0.15) is 29.0 Å². The van der Waals surface area contributed by atoms with Crippen LogP contribution in [-0.2, 0) is 9.53 Å². The molecule has 2 fully saturated rings. The second-order valence-electron chi connectivity index (χ2n) is 8.29. The molecule has 0 saturated carbocycles. The predicted octanol–water partition coefficient (Wildman–Crippen LogP) is 3.71. The van der Waals surface area contributed by atoms with Crippen molar-refractivity contribution >= 4 is 29.0 Å². The number of anilines is 2. The topological polar surface area (TPSA) is 67.8 Å². The van der Waals surface area contributed by atoms with Crippen LogP contribution in [0.25, 0.3) is 0 Å². The number of Topliss-reactive ketones (excluding diaryl/α,β-unsaturated/α-hetero) is 1. The van der Waals surface area contributed by atoms with Gasteiger partial charge in [-0.15, -0.1) is 0 Å². The van der Waals surface area contributed by atoms with Crippen LogP contribution in [0.2, 0.25) is 5.02 Å². The zero-order valence-electron chi connectivity index (χ0n) is 18.1. The van der Waals surface area contributed by atoms with E-state index < -0.39 is 0 Å². The Kier molecular flexibility index (Phi) is 6.92. The summed E-state index contributed by atoms with van der Waals surface area (Å²) < 4.78 is 11.6. The van der Waals surface area contributed by atoms with Crippen LogP contribution >= 0.6 is 11.6 Å². The molecule has 166 valence electrons. The summed E-state index contributed by atoms with van der Waals surface area (Å²) in [4.78, 5) is 24.5. The molecule has 8 heteroatoms. The lowest BCUT2D eigenvalue weighted by molar-refractivity contribution is -0.117.